The fourth-order valence-electron chi connectivity index (χ4n) is 3.25. The number of nitrogens with zero attached hydrogens (tertiary/aromatic N) is 1. The standard InChI is InChI=1S/C15H19ClN2O/c1-10-7-12(16)4-5-13(10)15(19)18-8-11-3-2-6-17-14(11)9-18/h4-5,7,11,14,17H,2-3,6,8-9H2,1H3/t11-,14+/m0/s1. The van der Waals surface area contributed by atoms with Crippen LogP contribution < -0.4 is 5.32 Å². The normalized spacial score (nSPS) is 26.3. The zero-order chi connectivity index (χ0) is 13.4. The van der Waals surface area contributed by atoms with Crippen molar-refractivity contribution in [3.05, 3.63) is 34.3 Å². The summed E-state index contributed by atoms with van der Waals surface area (Å²) < 4.78 is 0. The van der Waals surface area contributed by atoms with Gasteiger partial charge in [-0.1, -0.05) is 11.6 Å². The second-order valence-corrected chi connectivity index (χ2v) is 6.07. The van der Waals surface area contributed by atoms with Gasteiger partial charge in [0, 0.05) is 29.7 Å². The highest BCUT2D eigenvalue weighted by Crippen LogP contribution is 2.27. The van der Waals surface area contributed by atoms with Gasteiger partial charge in [0.05, 0.1) is 0 Å². The van der Waals surface area contributed by atoms with Crippen LogP contribution >= 0.6 is 11.6 Å². The molecule has 2 atom stereocenters. The van der Waals surface area contributed by atoms with Gasteiger partial charge in [-0.25, -0.2) is 0 Å². The zero-order valence-corrected chi connectivity index (χ0v) is 11.9. The minimum atomic E-state index is 0.144. The maximum absolute atomic E-state index is 12.6. The highest BCUT2D eigenvalue weighted by Gasteiger charge is 2.36. The molecule has 0 saturated carbocycles. The number of nitrogens with one attached hydrogen (secondary N) is 1. The molecule has 1 aromatic carbocycles. The van der Waals surface area contributed by atoms with E-state index in [4.69, 9.17) is 11.6 Å². The van der Waals surface area contributed by atoms with E-state index < -0.39 is 0 Å². The fraction of sp³-hybridized carbons (Fsp3) is 0.533. The third-order valence-corrected chi connectivity index (χ3v) is 4.54. The van der Waals surface area contributed by atoms with E-state index in [1.807, 2.05) is 24.0 Å². The Morgan fingerprint density at radius 3 is 3.00 bits per heavy atom. The summed E-state index contributed by atoms with van der Waals surface area (Å²) >= 11 is 5.95. The number of aryl methyl sites for hydroxylation is 1. The molecule has 0 unspecified atom stereocenters. The van der Waals surface area contributed by atoms with Gasteiger partial charge in [0.2, 0.25) is 0 Å². The molecule has 19 heavy (non-hydrogen) atoms. The molecule has 0 radical (unpaired) electrons. The van der Waals surface area contributed by atoms with E-state index in [1.54, 1.807) is 6.07 Å². The second-order valence-electron chi connectivity index (χ2n) is 5.63. The zero-order valence-electron chi connectivity index (χ0n) is 11.2. The molecule has 1 aromatic rings. The molecule has 0 bridgehead atoms. The predicted molar refractivity (Wildman–Crippen MR) is 76.6 cm³/mol. The first-order valence-corrected chi connectivity index (χ1v) is 7.32. The molecule has 2 heterocycles. The van der Waals surface area contributed by atoms with Gasteiger partial charge in [0.15, 0.2) is 0 Å². The number of likely N-dealkylation sites (tertiary alicyclic amines) is 1. The summed E-state index contributed by atoms with van der Waals surface area (Å²) in [7, 11) is 0. The van der Waals surface area contributed by atoms with Crippen molar-refractivity contribution in [2.24, 2.45) is 5.92 Å². The Morgan fingerprint density at radius 2 is 2.26 bits per heavy atom. The number of hydrogen-bond donors (Lipinski definition) is 1. The van der Waals surface area contributed by atoms with Crippen LogP contribution in [0.3, 0.4) is 0 Å². The number of fused-ring (bicyclic) bond motifs is 1. The quantitative estimate of drug-likeness (QED) is 0.856. The molecule has 0 spiro atoms. The van der Waals surface area contributed by atoms with E-state index in [9.17, 15) is 4.79 Å². The minimum Gasteiger partial charge on any atom is -0.337 e. The number of halogens is 1. The molecular weight excluding hydrogens is 260 g/mol. The maximum Gasteiger partial charge on any atom is 0.254 e. The molecular formula is C15H19ClN2O. The Balaban J connectivity index is 1.77. The third kappa shape index (κ3) is 2.49. The summed E-state index contributed by atoms with van der Waals surface area (Å²) in [6.45, 7) is 4.76. The SMILES string of the molecule is Cc1cc(Cl)ccc1C(=O)N1C[C@@H]2CCCN[C@@H]2C1. The summed E-state index contributed by atoms with van der Waals surface area (Å²) in [6.07, 6.45) is 2.46. The highest BCUT2D eigenvalue weighted by molar-refractivity contribution is 6.30. The second kappa shape index (κ2) is 5.14. The van der Waals surface area contributed by atoms with Crippen molar-refractivity contribution in [2.75, 3.05) is 19.6 Å². The van der Waals surface area contributed by atoms with Crippen molar-refractivity contribution in [1.82, 2.24) is 10.2 Å². The van der Waals surface area contributed by atoms with Crippen molar-refractivity contribution in [2.45, 2.75) is 25.8 Å². The van der Waals surface area contributed by atoms with Gasteiger partial charge >= 0.3 is 0 Å². The molecule has 0 aliphatic carbocycles. The average molecular weight is 279 g/mol. The number of hydrogen-bond acceptors (Lipinski definition) is 2. The lowest BCUT2D eigenvalue weighted by molar-refractivity contribution is 0.0785. The van der Waals surface area contributed by atoms with Gasteiger partial charge < -0.3 is 10.2 Å². The first kappa shape index (κ1) is 12.9. The van der Waals surface area contributed by atoms with E-state index >= 15 is 0 Å². The molecule has 1 N–H and O–H groups in total. The van der Waals surface area contributed by atoms with Crippen molar-refractivity contribution in [1.29, 1.82) is 0 Å². The van der Waals surface area contributed by atoms with Gasteiger partial charge in [-0.2, -0.15) is 0 Å². The van der Waals surface area contributed by atoms with E-state index in [0.717, 1.165) is 30.8 Å². The molecule has 1 amide bonds. The maximum atomic E-state index is 12.6. The van der Waals surface area contributed by atoms with Crippen LogP contribution in [0.5, 0.6) is 0 Å². The Morgan fingerprint density at radius 1 is 1.42 bits per heavy atom. The van der Waals surface area contributed by atoms with E-state index in [-0.39, 0.29) is 5.91 Å². The number of piperidine rings is 1. The Kier molecular flexibility index (Phi) is 3.50. The molecule has 3 nitrogen and oxygen atoms in total. The summed E-state index contributed by atoms with van der Waals surface area (Å²) in [5.74, 6) is 0.774. The van der Waals surface area contributed by atoms with Gasteiger partial charge in [0.25, 0.3) is 5.91 Å². The smallest absolute Gasteiger partial charge is 0.254 e. The predicted octanol–water partition coefficient (Wildman–Crippen LogP) is 2.47. The van der Waals surface area contributed by atoms with Crippen LogP contribution in [0.15, 0.2) is 18.2 Å². The van der Waals surface area contributed by atoms with Crippen molar-refractivity contribution in [3.8, 4) is 0 Å². The Labute approximate surface area is 118 Å². The highest BCUT2D eigenvalue weighted by atomic mass is 35.5. The van der Waals surface area contributed by atoms with Crippen molar-refractivity contribution in [3.63, 3.8) is 0 Å². The number of carbonyl (C=O) groups excluding carboxylic acids is 1. The van der Waals surface area contributed by atoms with Gasteiger partial charge in [0.1, 0.15) is 0 Å². The number of amides is 1. The third-order valence-electron chi connectivity index (χ3n) is 4.31. The lowest BCUT2D eigenvalue weighted by atomic mass is 9.94. The van der Waals surface area contributed by atoms with Crippen molar-refractivity contribution >= 4 is 17.5 Å². The van der Waals surface area contributed by atoms with Crippen molar-refractivity contribution < 1.29 is 4.79 Å². The number of benzene rings is 1. The van der Waals surface area contributed by atoms with Crippen LogP contribution in [0.25, 0.3) is 0 Å². The molecule has 2 saturated heterocycles. The van der Waals surface area contributed by atoms with Crippen LogP contribution in [-0.2, 0) is 0 Å². The summed E-state index contributed by atoms with van der Waals surface area (Å²) in [5.41, 5.74) is 1.74. The summed E-state index contributed by atoms with van der Waals surface area (Å²) in [4.78, 5) is 14.6. The van der Waals surface area contributed by atoms with Crippen LogP contribution in [0, 0.1) is 12.8 Å². The Bertz CT molecular complexity index is 489. The molecule has 3 rings (SSSR count). The minimum absolute atomic E-state index is 0.144. The van der Waals surface area contributed by atoms with Crippen LogP contribution in [0.4, 0.5) is 0 Å². The van der Waals surface area contributed by atoms with E-state index in [0.29, 0.717) is 17.0 Å². The Hall–Kier alpha value is -1.06. The van der Waals surface area contributed by atoms with Gasteiger partial charge in [-0.15, -0.1) is 0 Å². The molecule has 102 valence electrons. The lowest BCUT2D eigenvalue weighted by Gasteiger charge is -2.24. The molecule has 2 aliphatic heterocycles. The van der Waals surface area contributed by atoms with Gasteiger partial charge in [-0.3, -0.25) is 4.79 Å². The van der Waals surface area contributed by atoms with Crippen LogP contribution in [0.1, 0.15) is 28.8 Å². The first-order valence-electron chi connectivity index (χ1n) is 6.94. The van der Waals surface area contributed by atoms with E-state index in [1.165, 1.54) is 12.8 Å². The van der Waals surface area contributed by atoms with Crippen LogP contribution in [-0.4, -0.2) is 36.5 Å². The van der Waals surface area contributed by atoms with Crippen LogP contribution in [0.2, 0.25) is 5.02 Å². The fourth-order valence-corrected chi connectivity index (χ4v) is 3.48. The monoisotopic (exact) mass is 278 g/mol. The largest absolute Gasteiger partial charge is 0.337 e. The molecule has 4 heteroatoms. The summed E-state index contributed by atoms with van der Waals surface area (Å²) in [6, 6.07) is 5.99. The molecule has 2 aliphatic rings. The first-order chi connectivity index (χ1) is 9.15. The topological polar surface area (TPSA) is 32.3 Å². The molecule has 2 fully saturated rings. The number of rotatable bonds is 1. The molecule has 0 aromatic heterocycles. The van der Waals surface area contributed by atoms with Gasteiger partial charge in [-0.05, 0) is 56.0 Å². The summed E-state index contributed by atoms with van der Waals surface area (Å²) in [5, 5.41) is 4.21. The average Bonchev–Trinajstić information content (AvgIpc) is 2.81. The number of carbonyl (C=O) groups is 1. The lowest BCUT2D eigenvalue weighted by Crippen LogP contribution is -2.41. The van der Waals surface area contributed by atoms with E-state index in [2.05, 4.69) is 5.32 Å².